The Morgan fingerprint density at radius 2 is 2.24 bits per heavy atom. The van der Waals surface area contributed by atoms with Gasteiger partial charge in [0.05, 0.1) is 31.4 Å². The minimum atomic E-state index is -4.32. The fourth-order valence-corrected chi connectivity index (χ4v) is 2.35. The van der Waals surface area contributed by atoms with Crippen molar-refractivity contribution in [3.05, 3.63) is 35.4 Å². The molecule has 1 aromatic rings. The number of benzene rings is 1. The van der Waals surface area contributed by atoms with E-state index in [1.54, 1.807) is 13.1 Å². The van der Waals surface area contributed by atoms with E-state index >= 15 is 0 Å². The molecule has 0 radical (unpaired) electrons. The molecule has 2 unspecified atom stereocenters. The summed E-state index contributed by atoms with van der Waals surface area (Å²) in [5, 5.41) is 3.00. The molecule has 3 nitrogen and oxygen atoms in total. The van der Waals surface area contributed by atoms with Gasteiger partial charge in [0.15, 0.2) is 0 Å². The summed E-state index contributed by atoms with van der Waals surface area (Å²) in [5.74, 6) is 0.393. The smallest absolute Gasteiger partial charge is 0.381 e. The summed E-state index contributed by atoms with van der Waals surface area (Å²) in [7, 11) is 1.72. The Morgan fingerprint density at radius 1 is 1.43 bits per heavy atom. The Hall–Kier alpha value is -1.11. The Labute approximate surface area is 122 Å². The van der Waals surface area contributed by atoms with E-state index in [-0.39, 0.29) is 6.04 Å². The SMILES string of the molecule is CNC(COCC1CCOC1)c1cccc(C(F)(F)F)c1. The maximum atomic E-state index is 12.7. The average molecular weight is 303 g/mol. The van der Waals surface area contributed by atoms with Crippen LogP contribution in [0.1, 0.15) is 23.6 Å². The molecule has 0 aromatic heterocycles. The van der Waals surface area contributed by atoms with Gasteiger partial charge in [-0.15, -0.1) is 0 Å². The van der Waals surface area contributed by atoms with Crippen molar-refractivity contribution in [1.82, 2.24) is 5.32 Å². The number of rotatable bonds is 6. The van der Waals surface area contributed by atoms with E-state index in [0.29, 0.717) is 31.3 Å². The lowest BCUT2D eigenvalue weighted by Crippen LogP contribution is -2.24. The lowest BCUT2D eigenvalue weighted by Gasteiger charge is -2.19. The first kappa shape index (κ1) is 16.3. The highest BCUT2D eigenvalue weighted by Gasteiger charge is 2.30. The molecular formula is C15H20F3NO2. The van der Waals surface area contributed by atoms with Crippen molar-refractivity contribution in [2.75, 3.05) is 33.5 Å². The van der Waals surface area contributed by atoms with Gasteiger partial charge < -0.3 is 14.8 Å². The Balaban J connectivity index is 1.93. The number of alkyl halides is 3. The second-order valence-corrected chi connectivity index (χ2v) is 5.23. The number of hydrogen-bond acceptors (Lipinski definition) is 3. The van der Waals surface area contributed by atoms with Gasteiger partial charge in [0.1, 0.15) is 0 Å². The molecule has 1 aromatic carbocycles. The molecule has 1 heterocycles. The van der Waals surface area contributed by atoms with E-state index in [9.17, 15) is 13.2 Å². The van der Waals surface area contributed by atoms with Crippen LogP contribution in [0.3, 0.4) is 0 Å². The summed E-state index contributed by atoms with van der Waals surface area (Å²) < 4.78 is 49.1. The van der Waals surface area contributed by atoms with Crippen LogP contribution in [-0.4, -0.2) is 33.5 Å². The minimum absolute atomic E-state index is 0.255. The predicted octanol–water partition coefficient (Wildman–Crippen LogP) is 3.02. The molecular weight excluding hydrogens is 283 g/mol. The number of halogens is 3. The largest absolute Gasteiger partial charge is 0.416 e. The molecule has 1 saturated heterocycles. The summed E-state index contributed by atoms with van der Waals surface area (Å²) >= 11 is 0. The van der Waals surface area contributed by atoms with E-state index in [1.807, 2.05) is 0 Å². The van der Waals surface area contributed by atoms with Crippen molar-refractivity contribution in [2.45, 2.75) is 18.6 Å². The van der Waals surface area contributed by atoms with E-state index in [2.05, 4.69) is 5.32 Å². The van der Waals surface area contributed by atoms with Gasteiger partial charge in [-0.1, -0.05) is 12.1 Å². The Morgan fingerprint density at radius 3 is 2.86 bits per heavy atom. The third kappa shape index (κ3) is 4.69. The van der Waals surface area contributed by atoms with Crippen LogP contribution in [0.4, 0.5) is 13.2 Å². The highest BCUT2D eigenvalue weighted by molar-refractivity contribution is 5.28. The lowest BCUT2D eigenvalue weighted by atomic mass is 10.0. The summed E-state index contributed by atoms with van der Waals surface area (Å²) in [6.45, 7) is 2.39. The molecule has 2 rings (SSSR count). The monoisotopic (exact) mass is 303 g/mol. The number of hydrogen-bond donors (Lipinski definition) is 1. The first-order chi connectivity index (χ1) is 10.0. The molecule has 118 valence electrons. The van der Waals surface area contributed by atoms with Crippen LogP contribution in [0.5, 0.6) is 0 Å². The number of ether oxygens (including phenoxy) is 2. The third-order valence-electron chi connectivity index (χ3n) is 3.63. The van der Waals surface area contributed by atoms with Gasteiger partial charge in [0.2, 0.25) is 0 Å². The number of likely N-dealkylation sites (N-methyl/N-ethyl adjacent to an activating group) is 1. The summed E-state index contributed by atoms with van der Waals surface area (Å²) in [5.41, 5.74) is -0.0561. The highest BCUT2D eigenvalue weighted by Crippen LogP contribution is 2.30. The maximum Gasteiger partial charge on any atom is 0.416 e. The minimum Gasteiger partial charge on any atom is -0.381 e. The zero-order chi connectivity index (χ0) is 15.3. The van der Waals surface area contributed by atoms with Gasteiger partial charge in [-0.25, -0.2) is 0 Å². The third-order valence-corrected chi connectivity index (χ3v) is 3.63. The Kier molecular flexibility index (Phi) is 5.61. The van der Waals surface area contributed by atoms with Crippen LogP contribution in [0.25, 0.3) is 0 Å². The van der Waals surface area contributed by atoms with Crippen LogP contribution < -0.4 is 5.32 Å². The zero-order valence-corrected chi connectivity index (χ0v) is 12.0. The highest BCUT2D eigenvalue weighted by atomic mass is 19.4. The molecule has 1 N–H and O–H groups in total. The molecule has 6 heteroatoms. The van der Waals surface area contributed by atoms with Crippen LogP contribution in [0.2, 0.25) is 0 Å². The molecule has 0 spiro atoms. The maximum absolute atomic E-state index is 12.7. The van der Waals surface area contributed by atoms with E-state index in [4.69, 9.17) is 9.47 Å². The fourth-order valence-electron chi connectivity index (χ4n) is 2.35. The molecule has 1 aliphatic heterocycles. The quantitative estimate of drug-likeness (QED) is 0.876. The lowest BCUT2D eigenvalue weighted by molar-refractivity contribution is -0.137. The summed E-state index contributed by atoms with van der Waals surface area (Å²) in [4.78, 5) is 0. The molecule has 2 atom stereocenters. The van der Waals surface area contributed by atoms with Crippen molar-refractivity contribution in [1.29, 1.82) is 0 Å². The van der Waals surface area contributed by atoms with Gasteiger partial charge in [-0.05, 0) is 31.2 Å². The molecule has 0 bridgehead atoms. The topological polar surface area (TPSA) is 30.5 Å². The van der Waals surface area contributed by atoms with Gasteiger partial charge in [-0.2, -0.15) is 13.2 Å². The first-order valence-electron chi connectivity index (χ1n) is 7.00. The molecule has 1 fully saturated rings. The van der Waals surface area contributed by atoms with Crippen molar-refractivity contribution < 1.29 is 22.6 Å². The van der Waals surface area contributed by atoms with Crippen molar-refractivity contribution >= 4 is 0 Å². The van der Waals surface area contributed by atoms with Crippen molar-refractivity contribution in [2.24, 2.45) is 5.92 Å². The number of nitrogens with one attached hydrogen (secondary N) is 1. The molecule has 0 saturated carbocycles. The van der Waals surface area contributed by atoms with Crippen LogP contribution in [0.15, 0.2) is 24.3 Å². The van der Waals surface area contributed by atoms with Crippen LogP contribution in [-0.2, 0) is 15.7 Å². The van der Waals surface area contributed by atoms with Gasteiger partial charge in [-0.3, -0.25) is 0 Å². The second kappa shape index (κ2) is 7.24. The molecule has 21 heavy (non-hydrogen) atoms. The van der Waals surface area contributed by atoms with E-state index in [0.717, 1.165) is 19.1 Å². The van der Waals surface area contributed by atoms with Crippen LogP contribution in [0, 0.1) is 5.92 Å². The predicted molar refractivity (Wildman–Crippen MR) is 73.0 cm³/mol. The first-order valence-corrected chi connectivity index (χ1v) is 7.00. The Bertz CT molecular complexity index is 445. The van der Waals surface area contributed by atoms with Crippen molar-refractivity contribution in [3.8, 4) is 0 Å². The second-order valence-electron chi connectivity index (χ2n) is 5.23. The molecule has 0 aliphatic carbocycles. The summed E-state index contributed by atoms with van der Waals surface area (Å²) in [6, 6.07) is 5.09. The van der Waals surface area contributed by atoms with Crippen molar-refractivity contribution in [3.63, 3.8) is 0 Å². The van der Waals surface area contributed by atoms with Gasteiger partial charge >= 0.3 is 6.18 Å². The van der Waals surface area contributed by atoms with Crippen LogP contribution >= 0.6 is 0 Å². The molecule has 1 aliphatic rings. The van der Waals surface area contributed by atoms with Gasteiger partial charge in [0.25, 0.3) is 0 Å². The van der Waals surface area contributed by atoms with E-state index < -0.39 is 11.7 Å². The average Bonchev–Trinajstić information content (AvgIpc) is 2.96. The zero-order valence-electron chi connectivity index (χ0n) is 12.0. The molecule has 0 amide bonds. The normalized spacial score (nSPS) is 20.7. The fraction of sp³-hybridized carbons (Fsp3) is 0.600. The summed E-state index contributed by atoms with van der Waals surface area (Å²) in [6.07, 6.45) is -3.34. The van der Waals surface area contributed by atoms with E-state index in [1.165, 1.54) is 12.1 Å². The standard InChI is InChI=1S/C15H20F3NO2/c1-19-14(10-21-9-11-5-6-20-8-11)12-3-2-4-13(7-12)15(16,17)18/h2-4,7,11,14,19H,5-6,8-10H2,1H3. The van der Waals surface area contributed by atoms with Gasteiger partial charge in [0, 0.05) is 12.5 Å².